The highest BCUT2D eigenvalue weighted by atomic mass is 35.5. The second-order valence-corrected chi connectivity index (χ2v) is 7.92. The molecular formula is C14H10Cl2N2OS2. The summed E-state index contributed by atoms with van der Waals surface area (Å²) in [4.78, 5) is 4.39. The van der Waals surface area contributed by atoms with Crippen molar-refractivity contribution in [1.29, 1.82) is 0 Å². The molecule has 0 spiro atoms. The van der Waals surface area contributed by atoms with E-state index in [4.69, 9.17) is 28.9 Å². The number of nitrogen functional groups attached to an aromatic ring is 1. The van der Waals surface area contributed by atoms with Crippen molar-refractivity contribution in [3.8, 4) is 0 Å². The van der Waals surface area contributed by atoms with E-state index in [2.05, 4.69) is 4.98 Å². The van der Waals surface area contributed by atoms with Crippen molar-refractivity contribution >= 4 is 61.2 Å². The van der Waals surface area contributed by atoms with E-state index in [1.807, 2.05) is 18.2 Å². The molecule has 0 amide bonds. The highest BCUT2D eigenvalue weighted by Gasteiger charge is 2.12. The van der Waals surface area contributed by atoms with Gasteiger partial charge in [0.2, 0.25) is 0 Å². The molecule has 7 heteroatoms. The largest absolute Gasteiger partial charge is 0.399 e. The van der Waals surface area contributed by atoms with E-state index in [1.165, 1.54) is 11.3 Å². The first-order valence-electron chi connectivity index (χ1n) is 6.01. The van der Waals surface area contributed by atoms with Gasteiger partial charge in [-0.2, -0.15) is 0 Å². The third-order valence-electron chi connectivity index (χ3n) is 2.87. The van der Waals surface area contributed by atoms with E-state index in [0.717, 1.165) is 15.8 Å². The molecule has 1 heterocycles. The number of thiazole rings is 1. The van der Waals surface area contributed by atoms with Crippen LogP contribution in [0.1, 0.15) is 5.56 Å². The zero-order valence-electron chi connectivity index (χ0n) is 10.7. The Labute approximate surface area is 138 Å². The molecule has 108 valence electrons. The fourth-order valence-corrected chi connectivity index (χ4v) is 4.55. The van der Waals surface area contributed by atoms with Crippen LogP contribution in [0.5, 0.6) is 0 Å². The number of fused-ring (bicyclic) bond motifs is 1. The number of benzene rings is 2. The smallest absolute Gasteiger partial charge is 0.182 e. The Morgan fingerprint density at radius 1 is 1.14 bits per heavy atom. The third kappa shape index (κ3) is 3.21. The van der Waals surface area contributed by atoms with Gasteiger partial charge in [-0.1, -0.05) is 29.3 Å². The maximum Gasteiger partial charge on any atom is 0.182 e. The number of hydrogen-bond donors (Lipinski definition) is 1. The normalized spacial score (nSPS) is 12.7. The number of nitrogens with two attached hydrogens (primary N) is 1. The van der Waals surface area contributed by atoms with Crippen molar-refractivity contribution in [1.82, 2.24) is 4.98 Å². The van der Waals surface area contributed by atoms with Gasteiger partial charge in [-0.15, -0.1) is 11.3 Å². The monoisotopic (exact) mass is 356 g/mol. The number of anilines is 1. The highest BCUT2D eigenvalue weighted by Crippen LogP contribution is 2.28. The van der Waals surface area contributed by atoms with Crippen LogP contribution in [0.15, 0.2) is 40.7 Å². The average Bonchev–Trinajstić information content (AvgIpc) is 2.86. The second kappa shape index (κ2) is 5.93. The molecule has 0 aliphatic heterocycles. The molecule has 3 nitrogen and oxygen atoms in total. The van der Waals surface area contributed by atoms with E-state index in [1.54, 1.807) is 18.2 Å². The van der Waals surface area contributed by atoms with Crippen molar-refractivity contribution in [2.45, 2.75) is 10.1 Å². The summed E-state index contributed by atoms with van der Waals surface area (Å²) in [6.45, 7) is 0. The molecule has 3 aromatic rings. The summed E-state index contributed by atoms with van der Waals surface area (Å²) in [5.74, 6) is 0.353. The van der Waals surface area contributed by atoms with Gasteiger partial charge in [-0.25, -0.2) is 4.98 Å². The molecule has 1 atom stereocenters. The van der Waals surface area contributed by atoms with Crippen LogP contribution in [0.3, 0.4) is 0 Å². The maximum atomic E-state index is 12.4. The molecule has 2 N–H and O–H groups in total. The Kier molecular flexibility index (Phi) is 4.17. The van der Waals surface area contributed by atoms with Gasteiger partial charge in [-0.05, 0) is 35.9 Å². The highest BCUT2D eigenvalue weighted by molar-refractivity contribution is 7.86. The zero-order valence-corrected chi connectivity index (χ0v) is 13.8. The van der Waals surface area contributed by atoms with Crippen molar-refractivity contribution < 1.29 is 4.21 Å². The minimum Gasteiger partial charge on any atom is -0.399 e. The minimum atomic E-state index is -1.22. The second-order valence-electron chi connectivity index (χ2n) is 4.45. The van der Waals surface area contributed by atoms with Crippen LogP contribution in [-0.2, 0) is 16.6 Å². The van der Waals surface area contributed by atoms with E-state index >= 15 is 0 Å². The minimum absolute atomic E-state index is 0.353. The van der Waals surface area contributed by atoms with Gasteiger partial charge in [0.25, 0.3) is 0 Å². The zero-order chi connectivity index (χ0) is 15.0. The molecule has 0 aliphatic rings. The Balaban J connectivity index is 1.87. The van der Waals surface area contributed by atoms with Crippen LogP contribution < -0.4 is 5.73 Å². The van der Waals surface area contributed by atoms with Crippen molar-refractivity contribution in [3.05, 3.63) is 52.0 Å². The molecule has 1 aromatic heterocycles. The van der Waals surface area contributed by atoms with Gasteiger partial charge in [0.15, 0.2) is 4.34 Å². The van der Waals surface area contributed by atoms with Crippen molar-refractivity contribution in [2.24, 2.45) is 0 Å². The lowest BCUT2D eigenvalue weighted by Gasteiger charge is -2.01. The SMILES string of the molecule is Nc1ccc2nc(S(=O)Cc3ccc(Cl)c(Cl)c3)sc2c1. The molecule has 0 aliphatic carbocycles. The van der Waals surface area contributed by atoms with E-state index in [0.29, 0.717) is 25.8 Å². The number of rotatable bonds is 3. The Morgan fingerprint density at radius 3 is 2.71 bits per heavy atom. The predicted octanol–water partition coefficient (Wildman–Crippen LogP) is 4.49. The molecule has 0 saturated heterocycles. The lowest BCUT2D eigenvalue weighted by molar-refractivity contribution is 0.682. The van der Waals surface area contributed by atoms with Crippen molar-refractivity contribution in [3.63, 3.8) is 0 Å². The van der Waals surface area contributed by atoms with Crippen molar-refractivity contribution in [2.75, 3.05) is 5.73 Å². The first-order chi connectivity index (χ1) is 10.0. The van der Waals surface area contributed by atoms with Gasteiger partial charge in [0.05, 0.1) is 36.8 Å². The summed E-state index contributed by atoms with van der Waals surface area (Å²) in [6.07, 6.45) is 0. The maximum absolute atomic E-state index is 12.4. The van der Waals surface area contributed by atoms with Gasteiger partial charge in [0.1, 0.15) is 0 Å². The lowest BCUT2D eigenvalue weighted by Crippen LogP contribution is -1.95. The molecule has 0 fully saturated rings. The van der Waals surface area contributed by atoms with Crippen LogP contribution in [0.2, 0.25) is 10.0 Å². The van der Waals surface area contributed by atoms with E-state index in [9.17, 15) is 4.21 Å². The Morgan fingerprint density at radius 2 is 1.95 bits per heavy atom. The summed E-state index contributed by atoms with van der Waals surface area (Å²) in [6, 6.07) is 10.7. The number of aromatic nitrogens is 1. The predicted molar refractivity (Wildman–Crippen MR) is 90.6 cm³/mol. The van der Waals surface area contributed by atoms with Crippen LogP contribution in [0.25, 0.3) is 10.2 Å². The van der Waals surface area contributed by atoms with E-state index in [-0.39, 0.29) is 0 Å². The van der Waals surface area contributed by atoms with Gasteiger partial charge >= 0.3 is 0 Å². The standard InChI is InChI=1S/C14H10Cl2N2OS2/c15-10-3-1-8(5-11(10)16)7-21(19)14-18-12-4-2-9(17)6-13(12)20-14/h1-6H,7,17H2. The third-order valence-corrected chi connectivity index (χ3v) is 6.31. The van der Waals surface area contributed by atoms with Gasteiger partial charge in [-0.3, -0.25) is 4.21 Å². The Hall–Kier alpha value is -1.14. The van der Waals surface area contributed by atoms with E-state index < -0.39 is 10.8 Å². The first-order valence-corrected chi connectivity index (χ1v) is 8.90. The molecule has 1 unspecified atom stereocenters. The Bertz CT molecular complexity index is 848. The molecule has 3 rings (SSSR count). The van der Waals surface area contributed by atoms with Gasteiger partial charge < -0.3 is 5.73 Å². The summed E-state index contributed by atoms with van der Waals surface area (Å²) < 4.78 is 13.9. The molecule has 0 bridgehead atoms. The first kappa shape index (κ1) is 14.8. The number of nitrogens with zero attached hydrogens (tertiary/aromatic N) is 1. The van der Waals surface area contributed by atoms with Gasteiger partial charge in [0, 0.05) is 5.69 Å². The molecule has 2 aromatic carbocycles. The van der Waals surface area contributed by atoms with Crippen LogP contribution in [-0.4, -0.2) is 9.19 Å². The molecule has 0 radical (unpaired) electrons. The fraction of sp³-hybridized carbons (Fsp3) is 0.0714. The summed E-state index contributed by atoms with van der Waals surface area (Å²) in [5.41, 5.74) is 8.09. The topological polar surface area (TPSA) is 56.0 Å². The summed E-state index contributed by atoms with van der Waals surface area (Å²) >= 11 is 13.2. The fourth-order valence-electron chi connectivity index (χ4n) is 1.86. The number of halogens is 2. The molecule has 0 saturated carbocycles. The summed E-state index contributed by atoms with van der Waals surface area (Å²) in [7, 11) is -1.22. The van der Waals surface area contributed by atoms with Crippen LogP contribution >= 0.6 is 34.5 Å². The lowest BCUT2D eigenvalue weighted by atomic mass is 10.2. The molecular weight excluding hydrogens is 347 g/mol. The summed E-state index contributed by atoms with van der Waals surface area (Å²) in [5, 5.41) is 0.949. The molecule has 21 heavy (non-hydrogen) atoms. The number of hydrogen-bond acceptors (Lipinski definition) is 4. The van der Waals surface area contributed by atoms with Crippen LogP contribution in [0.4, 0.5) is 5.69 Å². The van der Waals surface area contributed by atoms with Crippen LogP contribution in [0, 0.1) is 0 Å². The average molecular weight is 357 g/mol. The quantitative estimate of drug-likeness (QED) is 0.703.